The van der Waals surface area contributed by atoms with Gasteiger partial charge in [0.25, 0.3) is 27.8 Å². The summed E-state index contributed by atoms with van der Waals surface area (Å²) in [5.74, 6) is -7.58. The van der Waals surface area contributed by atoms with Crippen molar-refractivity contribution in [2.45, 2.75) is 114 Å². The zero-order valence-corrected chi connectivity index (χ0v) is 80.3. The number of pyridine rings is 5. The third-order valence-electron chi connectivity index (χ3n) is 19.3. The number of carboxylic acids is 1. The Balaban J connectivity index is 0.000000528. The van der Waals surface area contributed by atoms with Gasteiger partial charge in [0.1, 0.15) is 34.8 Å². The number of nitrogens with zero attached hydrogens (tertiary/aromatic N) is 5. The van der Waals surface area contributed by atoms with Crippen molar-refractivity contribution in [1.29, 1.82) is 0 Å². The summed E-state index contributed by atoms with van der Waals surface area (Å²) in [5.41, 5.74) is -1.90. The van der Waals surface area contributed by atoms with Crippen LogP contribution < -0.4 is 65.6 Å². The van der Waals surface area contributed by atoms with Crippen LogP contribution in [0.25, 0.3) is 34.2 Å². The molecule has 0 atom stereocenters. The Morgan fingerprint density at radius 3 is 0.938 bits per heavy atom. The Kier molecular flexibility index (Phi) is 48.1. The molecule has 0 fully saturated rings. The van der Waals surface area contributed by atoms with Gasteiger partial charge in [-0.15, -0.1) is 12.4 Å². The molecule has 0 saturated carbocycles. The van der Waals surface area contributed by atoms with Gasteiger partial charge in [0.05, 0.1) is 83.1 Å². The van der Waals surface area contributed by atoms with Crippen LogP contribution in [0, 0.1) is 36.0 Å². The molecule has 0 saturated heterocycles. The molecule has 5 aromatic carbocycles. The minimum atomic E-state index is -2.24. The molecule has 0 spiro atoms. The minimum Gasteiger partial charge on any atom is -0.870 e. The summed E-state index contributed by atoms with van der Waals surface area (Å²) in [4.78, 5) is 145. The SMILES string of the molecule is C=C(OCC)c1cn(-c2ccc(F)cc2)c(=O)c(C(=O)OC)c1OC.C=[C](OCC)[Sn]([CH2]CCC)([CH2]CCC)[CH2]CCC.CC(=O)c1c(C)ccn(-c2ccc(F)cc2)c1=O.COC(=O)c1c(OC)c(Br)cn(-c2ccc(F)cc2)c1=O.COC(=O)c1c(OC)c(C(C)=O)cn(-c2ccc(F)cc2)c1=O.COc1c(C(C)=O)cn(-c2ccc(F)cc2)c(=O)c1C(=O)O.Cl.[Li+].[OH-]. The molecule has 0 radical (unpaired) electrons. The third kappa shape index (κ3) is 29.4. The molecule has 0 amide bonds. The number of hydrogen-bond acceptors (Lipinski definition) is 22. The standard InChI is InChI=1S/C18H18FNO5.C16H14FNO5.C15H12FNO5.C14H11BrFNO4.C14H12FNO2.C4H7O.3C4H9.ClH.Li.H2O.Sn/c1-5-25-11(2)14-10-20(13-8-6-12(19)7-9-13)17(21)15(16(14)23-3)18(22)24-4;1-9(19)12-8-18(11-6-4-10(17)5-7-11)15(20)13(14(12)22-2)16(21)23-3;1-8(18)11-7-17(10-5-3-9(16)4-6-10)14(19)12(15(20)21)13(11)22-2;1-20-12-10(15)7-17(9-5-3-8(16)4-6-9)13(18)11(12)14(19)21-2;1-9-7-8-16(14(18)13(9)10(2)17)12-5-3-11(15)4-6-12;1-3-5-4-2;3*1-3-4-2;;;;/h6-10H,2,5H2,1,3-4H3;4-8H,1-3H3;3-7H,1-2H3,(H,20,21);3-7H,1-2H3;3-8H,1-2H3;1,4H2,2H3;3*1,3-4H2,2H3;1H;;1H2;/q;;;;;;;;;;+1;;/p-1. The number of hydrogen-bond donors (Lipinski definition) is 1. The van der Waals surface area contributed by atoms with E-state index in [0.717, 1.165) is 54.2 Å². The van der Waals surface area contributed by atoms with Crippen molar-refractivity contribution in [3.05, 3.63) is 311 Å². The number of carboxylic acid groups (broad SMARTS) is 1. The molecule has 130 heavy (non-hydrogen) atoms. The van der Waals surface area contributed by atoms with Crippen molar-refractivity contribution >= 4 is 93.7 Å². The summed E-state index contributed by atoms with van der Waals surface area (Å²) in [6.07, 6.45) is 15.0. The van der Waals surface area contributed by atoms with Crippen LogP contribution in [0.4, 0.5) is 22.0 Å². The summed E-state index contributed by atoms with van der Waals surface area (Å²) >= 11 is 0.992. The quantitative estimate of drug-likeness (QED) is 0.0105. The molecule has 2 N–H and O–H groups in total. The summed E-state index contributed by atoms with van der Waals surface area (Å²) in [5, 5.41) is 9.23. The maximum atomic E-state index is 13.2. The fourth-order valence-electron chi connectivity index (χ4n) is 12.9. The number of halogens is 7. The van der Waals surface area contributed by atoms with Gasteiger partial charge < -0.3 is 48.5 Å². The second kappa shape index (κ2) is 55.0. The Bertz CT molecular complexity index is 5910. The predicted molar refractivity (Wildman–Crippen MR) is 485 cm³/mol. The molecular formula is C93H103BrClF5LiN5O23Sn. The Labute approximate surface area is 778 Å². The van der Waals surface area contributed by atoms with Gasteiger partial charge in [-0.05, 0) is 184 Å². The fraction of sp³-hybridized carbons (Fsp3) is 0.290. The molecule has 37 heteroatoms. The first-order valence-electron chi connectivity index (χ1n) is 39.5. The van der Waals surface area contributed by atoms with Gasteiger partial charge in [0.15, 0.2) is 62.6 Å². The molecule has 10 aromatic rings. The summed E-state index contributed by atoms with van der Waals surface area (Å²) < 4.78 is 122. The first-order chi connectivity index (χ1) is 60.4. The number of ether oxygens (including phenoxy) is 9. The average molecular weight is 1990 g/mol. The predicted octanol–water partition coefficient (Wildman–Crippen LogP) is 14.8. The number of aromatic carboxylic acids is 1. The van der Waals surface area contributed by atoms with Crippen LogP contribution in [0.5, 0.6) is 23.0 Å². The van der Waals surface area contributed by atoms with E-state index in [2.05, 4.69) is 66.3 Å². The van der Waals surface area contributed by atoms with Crippen LogP contribution in [0.1, 0.15) is 178 Å². The van der Waals surface area contributed by atoms with Gasteiger partial charge in [-0.3, -0.25) is 61.2 Å². The second-order valence-corrected chi connectivity index (χ2v) is 41.7. The molecule has 5 aromatic heterocycles. The van der Waals surface area contributed by atoms with Crippen molar-refractivity contribution in [3.63, 3.8) is 0 Å². The Morgan fingerprint density at radius 1 is 0.392 bits per heavy atom. The second-order valence-electron chi connectivity index (χ2n) is 27.6. The molecule has 10 rings (SSSR count). The molecule has 0 aliphatic heterocycles. The van der Waals surface area contributed by atoms with E-state index in [1.54, 1.807) is 26.1 Å². The fourth-order valence-corrected chi connectivity index (χ4v) is 28.1. The van der Waals surface area contributed by atoms with Crippen molar-refractivity contribution in [2.24, 2.45) is 0 Å². The Morgan fingerprint density at radius 2 is 0.662 bits per heavy atom. The largest absolute Gasteiger partial charge is 1.00 e. The van der Waals surface area contributed by atoms with E-state index >= 15 is 0 Å². The number of methoxy groups -OCH3 is 7. The third-order valence-corrected chi connectivity index (χ3v) is 34.9. The van der Waals surface area contributed by atoms with Crippen LogP contribution in [0.3, 0.4) is 0 Å². The molecule has 692 valence electrons. The molecular weight excluding hydrogens is 1890 g/mol. The Hall–Kier alpha value is -12.2. The van der Waals surface area contributed by atoms with E-state index in [4.69, 9.17) is 33.2 Å². The number of rotatable bonds is 31. The number of carbonyl (C=O) groups is 7. The van der Waals surface area contributed by atoms with Crippen molar-refractivity contribution in [2.75, 3.05) is 63.0 Å². The maximum absolute atomic E-state index is 13.2. The summed E-state index contributed by atoms with van der Waals surface area (Å²) in [6.45, 7) is 25.7. The van der Waals surface area contributed by atoms with Gasteiger partial charge >= 0.3 is 162 Å². The van der Waals surface area contributed by atoms with Gasteiger partial charge in [0.2, 0.25) is 0 Å². The number of benzene rings is 5. The number of ketones is 3. The number of unbranched alkanes of at least 4 members (excludes halogenated alkanes) is 3. The smallest absolute Gasteiger partial charge is 0.870 e. The van der Waals surface area contributed by atoms with Gasteiger partial charge in [-0.25, -0.2) is 41.1 Å². The normalized spacial score (nSPS) is 10.2. The molecule has 0 bridgehead atoms. The van der Waals surface area contributed by atoms with Crippen molar-refractivity contribution < 1.29 is 128 Å². The maximum Gasteiger partial charge on any atom is 1.00 e. The van der Waals surface area contributed by atoms with E-state index in [-0.39, 0.29) is 116 Å². The summed E-state index contributed by atoms with van der Waals surface area (Å²) in [6, 6.07) is 27.7. The number of Topliss-reactive ketones (excluding diaryl/α,β-unsaturated/α-hetero) is 3. The van der Waals surface area contributed by atoms with Crippen molar-refractivity contribution in [1.82, 2.24) is 22.8 Å². The molecule has 5 heterocycles. The first-order valence-corrected chi connectivity index (χ1v) is 47.8. The van der Waals surface area contributed by atoms with E-state index in [9.17, 15) is 84.6 Å². The van der Waals surface area contributed by atoms with Crippen LogP contribution in [-0.4, -0.2) is 156 Å². The number of esters is 3. The van der Waals surface area contributed by atoms with Crippen LogP contribution in [0.2, 0.25) is 13.3 Å². The number of aryl methyl sites for hydroxylation is 1. The van der Waals surface area contributed by atoms with Crippen LogP contribution in [0.15, 0.2) is 204 Å². The molecule has 0 aliphatic carbocycles. The molecule has 0 unspecified atom stereocenters. The van der Waals surface area contributed by atoms with Crippen molar-refractivity contribution in [3.8, 4) is 51.4 Å². The topological polar surface area (TPSA) is 363 Å². The van der Waals surface area contributed by atoms with Crippen LogP contribution in [-0.2, 0) is 23.7 Å². The van der Waals surface area contributed by atoms with Crippen LogP contribution >= 0.6 is 28.3 Å². The van der Waals surface area contributed by atoms with Gasteiger partial charge in [-0.1, -0.05) is 6.58 Å². The molecule has 0 aliphatic rings. The number of aromatic nitrogens is 5. The minimum absolute atomic E-state index is 0. The van der Waals surface area contributed by atoms with Gasteiger partial charge in [0, 0.05) is 59.4 Å². The van der Waals surface area contributed by atoms with E-state index < -0.39 is 110 Å². The zero-order chi connectivity index (χ0) is 94.9. The van der Waals surface area contributed by atoms with E-state index in [0.29, 0.717) is 45.0 Å². The average Bonchev–Trinajstić information content (AvgIpc) is 0.788. The summed E-state index contributed by atoms with van der Waals surface area (Å²) in [7, 11) is 8.54. The van der Waals surface area contributed by atoms with Gasteiger partial charge in [-0.2, -0.15) is 0 Å². The zero-order valence-electron chi connectivity index (χ0n) is 75.1. The first kappa shape index (κ1) is 114. The van der Waals surface area contributed by atoms with E-state index in [1.165, 1.54) is 247 Å². The molecule has 28 nitrogen and oxygen atoms in total. The number of carbonyl (C=O) groups excluding carboxylic acids is 6. The van der Waals surface area contributed by atoms with E-state index in [1.807, 2.05) is 0 Å². The monoisotopic (exact) mass is 1990 g/mol.